The molecule has 0 atom stereocenters. The Morgan fingerprint density at radius 1 is 1.36 bits per heavy atom. The number of nitrogens with zero attached hydrogens (tertiary/aromatic N) is 1. The second-order valence-corrected chi connectivity index (χ2v) is 3.05. The minimum Gasteiger partial charge on any atom is -0.293 e. The van der Waals surface area contributed by atoms with Gasteiger partial charge in [-0.25, -0.2) is 4.39 Å². The van der Waals surface area contributed by atoms with E-state index in [1.54, 1.807) is 18.3 Å². The summed E-state index contributed by atoms with van der Waals surface area (Å²) in [6.45, 7) is 0.193. The van der Waals surface area contributed by atoms with Crippen LogP contribution in [0, 0.1) is 5.82 Å². The number of halogens is 1. The molecule has 1 aliphatic heterocycles. The molecule has 0 saturated heterocycles. The van der Waals surface area contributed by atoms with Gasteiger partial charge >= 0.3 is 0 Å². The first-order valence-electron chi connectivity index (χ1n) is 4.26. The molecule has 1 heterocycles. The van der Waals surface area contributed by atoms with Crippen molar-refractivity contribution in [3.8, 4) is 0 Å². The average molecular weight is 189 g/mol. The Morgan fingerprint density at radius 3 is 2.93 bits per heavy atom. The molecule has 1 aromatic rings. The van der Waals surface area contributed by atoms with Gasteiger partial charge in [0, 0.05) is 11.8 Å². The summed E-state index contributed by atoms with van der Waals surface area (Å²) in [5.74, 6) is -0.360. The molecule has 3 heteroatoms. The van der Waals surface area contributed by atoms with Crippen molar-refractivity contribution in [1.29, 1.82) is 0 Å². The number of carbonyl (C=O) groups excluding carboxylic acids is 1. The van der Waals surface area contributed by atoms with Gasteiger partial charge in [0.2, 0.25) is 0 Å². The Labute approximate surface area is 80.8 Å². The van der Waals surface area contributed by atoms with Gasteiger partial charge in [-0.1, -0.05) is 12.1 Å². The van der Waals surface area contributed by atoms with Crippen molar-refractivity contribution in [2.24, 2.45) is 4.99 Å². The smallest absolute Gasteiger partial charge is 0.177 e. The van der Waals surface area contributed by atoms with Gasteiger partial charge in [-0.2, -0.15) is 0 Å². The monoisotopic (exact) mass is 189 g/mol. The van der Waals surface area contributed by atoms with Crippen LogP contribution in [0.25, 0.3) is 5.57 Å². The lowest BCUT2D eigenvalue weighted by molar-refractivity contribution is -0.113. The third kappa shape index (κ3) is 1.76. The fourth-order valence-electron chi connectivity index (χ4n) is 1.32. The van der Waals surface area contributed by atoms with E-state index in [4.69, 9.17) is 0 Å². The van der Waals surface area contributed by atoms with Crippen LogP contribution in [0.15, 0.2) is 35.3 Å². The third-order valence-electron chi connectivity index (χ3n) is 1.95. The van der Waals surface area contributed by atoms with Crippen LogP contribution in [0.3, 0.4) is 0 Å². The molecule has 0 bridgehead atoms. The summed E-state index contributed by atoms with van der Waals surface area (Å²) in [5.41, 5.74) is 1.35. The maximum absolute atomic E-state index is 12.9. The van der Waals surface area contributed by atoms with E-state index >= 15 is 0 Å². The zero-order valence-corrected chi connectivity index (χ0v) is 7.40. The topological polar surface area (TPSA) is 29.4 Å². The molecule has 0 radical (unpaired) electrons. The molecule has 0 amide bonds. The third-order valence-corrected chi connectivity index (χ3v) is 1.95. The number of aliphatic imine (C=N–C) groups is 1. The lowest BCUT2D eigenvalue weighted by Gasteiger charge is -2.05. The molecule has 14 heavy (non-hydrogen) atoms. The Balaban J connectivity index is 2.40. The van der Waals surface area contributed by atoms with Crippen molar-refractivity contribution in [3.05, 3.63) is 41.7 Å². The number of ketones is 1. The van der Waals surface area contributed by atoms with E-state index in [0.29, 0.717) is 11.1 Å². The summed E-state index contributed by atoms with van der Waals surface area (Å²) in [6, 6.07) is 6.11. The fourth-order valence-corrected chi connectivity index (χ4v) is 1.32. The molecule has 0 spiro atoms. The molecule has 0 N–H and O–H groups in total. The summed E-state index contributed by atoms with van der Waals surface area (Å²) in [4.78, 5) is 14.9. The van der Waals surface area contributed by atoms with Crippen LogP contribution < -0.4 is 0 Å². The standard InChI is InChI=1S/C11H8FNO/c12-10-3-1-2-8(4-10)9-5-11(14)7-13-6-9/h1-6H,7H2. The highest BCUT2D eigenvalue weighted by molar-refractivity contribution is 6.19. The van der Waals surface area contributed by atoms with Crippen LogP contribution in [0.2, 0.25) is 0 Å². The van der Waals surface area contributed by atoms with Crippen molar-refractivity contribution < 1.29 is 9.18 Å². The van der Waals surface area contributed by atoms with Crippen molar-refractivity contribution in [2.45, 2.75) is 0 Å². The van der Waals surface area contributed by atoms with E-state index in [-0.39, 0.29) is 18.1 Å². The number of carbonyl (C=O) groups is 1. The molecule has 1 aliphatic rings. The molecular formula is C11H8FNO. The van der Waals surface area contributed by atoms with Crippen molar-refractivity contribution in [3.63, 3.8) is 0 Å². The molecule has 0 aromatic heterocycles. The number of benzene rings is 1. The minimum absolute atomic E-state index is 0.0493. The predicted octanol–water partition coefficient (Wildman–Crippen LogP) is 1.86. The quantitative estimate of drug-likeness (QED) is 0.663. The molecule has 0 aliphatic carbocycles. The van der Waals surface area contributed by atoms with Gasteiger partial charge < -0.3 is 0 Å². The number of rotatable bonds is 1. The van der Waals surface area contributed by atoms with Gasteiger partial charge in [-0.3, -0.25) is 9.79 Å². The first-order chi connectivity index (χ1) is 6.75. The Bertz CT molecular complexity index is 435. The Morgan fingerprint density at radius 2 is 2.21 bits per heavy atom. The predicted molar refractivity (Wildman–Crippen MR) is 52.7 cm³/mol. The van der Waals surface area contributed by atoms with Gasteiger partial charge in [0.1, 0.15) is 12.4 Å². The van der Waals surface area contributed by atoms with Crippen LogP contribution >= 0.6 is 0 Å². The minimum atomic E-state index is -0.310. The molecule has 1 aromatic carbocycles. The van der Waals surface area contributed by atoms with E-state index in [2.05, 4.69) is 4.99 Å². The maximum Gasteiger partial charge on any atom is 0.177 e. The number of hydrogen-bond acceptors (Lipinski definition) is 2. The van der Waals surface area contributed by atoms with Gasteiger partial charge in [0.05, 0.1) is 0 Å². The largest absolute Gasteiger partial charge is 0.293 e. The second kappa shape index (κ2) is 3.54. The fraction of sp³-hybridized carbons (Fsp3) is 0.0909. The van der Waals surface area contributed by atoms with Crippen molar-refractivity contribution >= 4 is 17.6 Å². The highest BCUT2D eigenvalue weighted by Gasteiger charge is 2.07. The van der Waals surface area contributed by atoms with E-state index in [1.165, 1.54) is 18.2 Å². The maximum atomic E-state index is 12.9. The second-order valence-electron chi connectivity index (χ2n) is 3.05. The van der Waals surface area contributed by atoms with Crippen LogP contribution in [0.5, 0.6) is 0 Å². The first-order valence-corrected chi connectivity index (χ1v) is 4.26. The van der Waals surface area contributed by atoms with E-state index in [0.717, 1.165) is 0 Å². The van der Waals surface area contributed by atoms with Crippen molar-refractivity contribution in [2.75, 3.05) is 6.54 Å². The van der Waals surface area contributed by atoms with Crippen molar-refractivity contribution in [1.82, 2.24) is 0 Å². The van der Waals surface area contributed by atoms with Crippen LogP contribution in [0.4, 0.5) is 4.39 Å². The van der Waals surface area contributed by atoms with Gasteiger partial charge in [-0.15, -0.1) is 0 Å². The van der Waals surface area contributed by atoms with Crippen LogP contribution in [0.1, 0.15) is 5.56 Å². The lowest BCUT2D eigenvalue weighted by atomic mass is 10.0. The number of hydrogen-bond donors (Lipinski definition) is 0. The van der Waals surface area contributed by atoms with Gasteiger partial charge in [0.15, 0.2) is 5.78 Å². The highest BCUT2D eigenvalue weighted by Crippen LogP contribution is 2.15. The van der Waals surface area contributed by atoms with E-state index in [1.807, 2.05) is 0 Å². The Hall–Kier alpha value is -1.77. The summed E-state index contributed by atoms with van der Waals surface area (Å²) in [7, 11) is 0. The first kappa shape index (κ1) is 8.81. The molecule has 70 valence electrons. The van der Waals surface area contributed by atoms with Gasteiger partial charge in [-0.05, 0) is 23.8 Å². The SMILES string of the molecule is O=C1C=C(c2cccc(F)c2)C=NC1. The van der Waals surface area contributed by atoms with Gasteiger partial charge in [0.25, 0.3) is 0 Å². The summed E-state index contributed by atoms with van der Waals surface area (Å²) in [5, 5.41) is 0. The highest BCUT2D eigenvalue weighted by atomic mass is 19.1. The lowest BCUT2D eigenvalue weighted by Crippen LogP contribution is -2.05. The van der Waals surface area contributed by atoms with Crippen LogP contribution in [-0.4, -0.2) is 18.5 Å². The zero-order chi connectivity index (χ0) is 9.97. The Kier molecular flexibility index (Phi) is 2.23. The van der Waals surface area contributed by atoms with E-state index in [9.17, 15) is 9.18 Å². The van der Waals surface area contributed by atoms with E-state index < -0.39 is 0 Å². The molecule has 2 nitrogen and oxygen atoms in total. The van der Waals surface area contributed by atoms with Crippen LogP contribution in [-0.2, 0) is 4.79 Å². The molecule has 0 saturated carbocycles. The summed E-state index contributed by atoms with van der Waals surface area (Å²) >= 11 is 0. The number of dihydropyridines is 1. The molecule has 0 unspecified atom stereocenters. The average Bonchev–Trinajstić information content (AvgIpc) is 2.18. The zero-order valence-electron chi connectivity index (χ0n) is 7.40. The molecule has 2 rings (SSSR count). The summed E-state index contributed by atoms with van der Waals surface area (Å²) in [6.07, 6.45) is 3.08. The normalized spacial score (nSPS) is 15.5. The molecule has 0 fully saturated rings. The number of allylic oxidation sites excluding steroid dienone is 1. The molecular weight excluding hydrogens is 181 g/mol. The summed E-state index contributed by atoms with van der Waals surface area (Å²) < 4.78 is 12.9.